The number of benzene rings is 1. The van der Waals surface area contributed by atoms with Gasteiger partial charge in [-0.2, -0.15) is 0 Å². The fraction of sp³-hybridized carbons (Fsp3) is 0.273. The number of amides is 1. The maximum atomic E-state index is 13.0. The predicted octanol–water partition coefficient (Wildman–Crippen LogP) is 0.740. The molecule has 0 spiro atoms. The van der Waals surface area contributed by atoms with E-state index in [0.717, 1.165) is 0 Å². The minimum atomic E-state index is -1.18. The Kier molecular flexibility index (Phi) is 2.60. The molecule has 0 bridgehead atoms. The summed E-state index contributed by atoms with van der Waals surface area (Å²) in [5, 5.41) is 11.4. The first kappa shape index (κ1) is 10.6. The van der Waals surface area contributed by atoms with E-state index < -0.39 is 29.5 Å². The molecule has 1 aromatic carbocycles. The quantitative estimate of drug-likeness (QED) is 0.727. The number of carbonyl (C=O) groups excluding carboxylic acids is 1. The molecule has 2 atom stereocenters. The second kappa shape index (κ2) is 3.92. The number of hydrogen-bond acceptors (Lipinski definition) is 2. The lowest BCUT2D eigenvalue weighted by atomic mass is 9.88. The molecule has 1 saturated heterocycles. The van der Waals surface area contributed by atoms with Crippen molar-refractivity contribution >= 4 is 11.9 Å². The Morgan fingerprint density at radius 2 is 2.25 bits per heavy atom. The second-order valence-electron chi connectivity index (χ2n) is 3.72. The topological polar surface area (TPSA) is 66.4 Å². The van der Waals surface area contributed by atoms with Gasteiger partial charge in [0.25, 0.3) is 0 Å². The van der Waals surface area contributed by atoms with Crippen LogP contribution < -0.4 is 5.32 Å². The Morgan fingerprint density at radius 3 is 2.88 bits per heavy atom. The van der Waals surface area contributed by atoms with Gasteiger partial charge in [0.1, 0.15) is 11.7 Å². The van der Waals surface area contributed by atoms with Gasteiger partial charge in [0, 0.05) is 12.5 Å². The Hall–Kier alpha value is -1.91. The van der Waals surface area contributed by atoms with Crippen molar-refractivity contribution in [3.63, 3.8) is 0 Å². The lowest BCUT2D eigenvalue weighted by Gasteiger charge is -2.12. The van der Waals surface area contributed by atoms with Gasteiger partial charge in [-0.15, -0.1) is 0 Å². The molecule has 1 heterocycles. The minimum Gasteiger partial charge on any atom is -0.481 e. The molecule has 5 heteroatoms. The van der Waals surface area contributed by atoms with Gasteiger partial charge in [-0.1, -0.05) is 12.1 Å². The highest BCUT2D eigenvalue weighted by atomic mass is 19.1. The van der Waals surface area contributed by atoms with E-state index in [0.29, 0.717) is 5.56 Å². The van der Waals surface area contributed by atoms with Crippen LogP contribution in [0, 0.1) is 11.7 Å². The molecule has 0 aromatic heterocycles. The van der Waals surface area contributed by atoms with Crippen LogP contribution in [0.5, 0.6) is 0 Å². The number of halogens is 1. The molecule has 4 nitrogen and oxygen atoms in total. The van der Waals surface area contributed by atoms with E-state index in [1.807, 2.05) is 0 Å². The summed E-state index contributed by atoms with van der Waals surface area (Å²) in [7, 11) is 0. The molecule has 0 radical (unpaired) electrons. The van der Waals surface area contributed by atoms with Crippen molar-refractivity contribution in [2.75, 3.05) is 6.54 Å². The Balaban J connectivity index is 2.34. The van der Waals surface area contributed by atoms with E-state index in [9.17, 15) is 14.0 Å². The maximum absolute atomic E-state index is 13.0. The Labute approximate surface area is 91.1 Å². The van der Waals surface area contributed by atoms with E-state index >= 15 is 0 Å². The number of carbonyl (C=O) groups is 2. The zero-order valence-corrected chi connectivity index (χ0v) is 8.31. The largest absolute Gasteiger partial charge is 0.481 e. The van der Waals surface area contributed by atoms with Gasteiger partial charge >= 0.3 is 5.97 Å². The first-order chi connectivity index (χ1) is 7.59. The van der Waals surface area contributed by atoms with Crippen molar-refractivity contribution in [1.29, 1.82) is 0 Å². The van der Waals surface area contributed by atoms with Crippen LogP contribution in [0.4, 0.5) is 4.39 Å². The van der Waals surface area contributed by atoms with E-state index in [-0.39, 0.29) is 6.54 Å². The third kappa shape index (κ3) is 1.76. The molecule has 16 heavy (non-hydrogen) atoms. The maximum Gasteiger partial charge on any atom is 0.316 e. The van der Waals surface area contributed by atoms with Crippen molar-refractivity contribution in [3.8, 4) is 0 Å². The standard InChI is InChI=1S/C11H10FNO3/c12-7-3-1-2-6(4-7)8-5-13-10(14)9(8)11(15)16/h1-4,8-9H,5H2,(H,13,14)(H,15,16)/t8-,9+/m0/s1. The summed E-state index contributed by atoms with van der Waals surface area (Å²) in [4.78, 5) is 22.2. The smallest absolute Gasteiger partial charge is 0.316 e. The lowest BCUT2D eigenvalue weighted by molar-refractivity contribution is -0.145. The van der Waals surface area contributed by atoms with Crippen LogP contribution in [0.1, 0.15) is 11.5 Å². The van der Waals surface area contributed by atoms with E-state index in [4.69, 9.17) is 5.11 Å². The van der Waals surface area contributed by atoms with Gasteiger partial charge in [0.2, 0.25) is 5.91 Å². The summed E-state index contributed by atoms with van der Waals surface area (Å²) < 4.78 is 13.0. The average molecular weight is 223 g/mol. The van der Waals surface area contributed by atoms with Crippen LogP contribution in [0.25, 0.3) is 0 Å². The first-order valence-electron chi connectivity index (χ1n) is 4.85. The fourth-order valence-electron chi connectivity index (χ4n) is 1.95. The van der Waals surface area contributed by atoms with Gasteiger partial charge in [-0.05, 0) is 17.7 Å². The first-order valence-corrected chi connectivity index (χ1v) is 4.85. The molecule has 2 N–H and O–H groups in total. The van der Waals surface area contributed by atoms with Crippen LogP contribution in [0.3, 0.4) is 0 Å². The lowest BCUT2D eigenvalue weighted by Crippen LogP contribution is -2.26. The minimum absolute atomic E-state index is 0.235. The van der Waals surface area contributed by atoms with Crippen LogP contribution >= 0.6 is 0 Å². The van der Waals surface area contributed by atoms with Crippen molar-refractivity contribution in [3.05, 3.63) is 35.6 Å². The zero-order chi connectivity index (χ0) is 11.7. The fourth-order valence-corrected chi connectivity index (χ4v) is 1.95. The monoisotopic (exact) mass is 223 g/mol. The van der Waals surface area contributed by atoms with Crippen molar-refractivity contribution in [2.24, 2.45) is 5.92 Å². The molecule has 0 unspecified atom stereocenters. The molecule has 0 saturated carbocycles. The van der Waals surface area contributed by atoms with Crippen LogP contribution in [0.2, 0.25) is 0 Å². The number of nitrogens with one attached hydrogen (secondary N) is 1. The number of aliphatic carboxylic acids is 1. The summed E-state index contributed by atoms with van der Waals surface area (Å²) in [6.07, 6.45) is 0. The van der Waals surface area contributed by atoms with Gasteiger partial charge < -0.3 is 10.4 Å². The summed E-state index contributed by atoms with van der Waals surface area (Å²) in [6.45, 7) is 0.235. The number of carboxylic acids is 1. The molecule has 0 aliphatic carbocycles. The highest BCUT2D eigenvalue weighted by molar-refractivity contribution is 5.99. The molecule has 1 aliphatic rings. The van der Waals surface area contributed by atoms with Crippen molar-refractivity contribution < 1.29 is 19.1 Å². The van der Waals surface area contributed by atoms with Crippen LogP contribution in [-0.2, 0) is 9.59 Å². The molecular weight excluding hydrogens is 213 g/mol. The Bertz CT molecular complexity index is 447. The zero-order valence-electron chi connectivity index (χ0n) is 8.31. The molecule has 1 amide bonds. The highest BCUT2D eigenvalue weighted by Gasteiger charge is 2.41. The third-order valence-electron chi connectivity index (χ3n) is 2.72. The van der Waals surface area contributed by atoms with Crippen LogP contribution in [0.15, 0.2) is 24.3 Å². The molecule has 1 aliphatic heterocycles. The normalized spacial score (nSPS) is 24.2. The van der Waals surface area contributed by atoms with Gasteiger partial charge in [-0.25, -0.2) is 4.39 Å². The Morgan fingerprint density at radius 1 is 1.50 bits per heavy atom. The van der Waals surface area contributed by atoms with Gasteiger partial charge in [0.05, 0.1) is 0 Å². The molecule has 84 valence electrons. The van der Waals surface area contributed by atoms with Crippen molar-refractivity contribution in [2.45, 2.75) is 5.92 Å². The summed E-state index contributed by atoms with van der Waals surface area (Å²) in [6, 6.07) is 5.68. The summed E-state index contributed by atoms with van der Waals surface area (Å²) in [5.41, 5.74) is 0.533. The highest BCUT2D eigenvalue weighted by Crippen LogP contribution is 2.29. The second-order valence-corrected chi connectivity index (χ2v) is 3.72. The van der Waals surface area contributed by atoms with Crippen molar-refractivity contribution in [1.82, 2.24) is 5.32 Å². The predicted molar refractivity (Wildman–Crippen MR) is 53.3 cm³/mol. The van der Waals surface area contributed by atoms with E-state index in [1.165, 1.54) is 18.2 Å². The van der Waals surface area contributed by atoms with Gasteiger partial charge in [-0.3, -0.25) is 9.59 Å². The number of rotatable bonds is 2. The number of hydrogen-bond donors (Lipinski definition) is 2. The van der Waals surface area contributed by atoms with E-state index in [1.54, 1.807) is 6.07 Å². The molecule has 2 rings (SSSR count). The number of carboxylic acid groups (broad SMARTS) is 1. The van der Waals surface area contributed by atoms with Crippen LogP contribution in [-0.4, -0.2) is 23.5 Å². The van der Waals surface area contributed by atoms with E-state index in [2.05, 4.69) is 5.32 Å². The summed E-state index contributed by atoms with van der Waals surface area (Å²) in [5.74, 6) is -3.74. The summed E-state index contributed by atoms with van der Waals surface area (Å²) >= 11 is 0. The van der Waals surface area contributed by atoms with Gasteiger partial charge in [0.15, 0.2) is 0 Å². The molecule has 1 aromatic rings. The third-order valence-corrected chi connectivity index (χ3v) is 2.72. The average Bonchev–Trinajstić information content (AvgIpc) is 2.60. The SMILES string of the molecule is O=C(O)[C@H]1C(=O)NC[C@H]1c1cccc(F)c1. The molecular formula is C11H10FNO3. The molecule has 1 fully saturated rings.